The fourth-order valence-corrected chi connectivity index (χ4v) is 3.82. The maximum absolute atomic E-state index is 12.9. The lowest BCUT2D eigenvalue weighted by atomic mass is 10.1. The van der Waals surface area contributed by atoms with Crippen molar-refractivity contribution in [2.45, 2.75) is 25.2 Å². The number of fused-ring (bicyclic) bond motifs is 1. The zero-order valence-electron chi connectivity index (χ0n) is 17.5. The Morgan fingerprint density at radius 1 is 1.21 bits per heavy atom. The van der Waals surface area contributed by atoms with Gasteiger partial charge in [-0.3, -0.25) is 14.5 Å². The number of rotatable bonds is 6. The van der Waals surface area contributed by atoms with Crippen LogP contribution in [0.5, 0.6) is 0 Å². The molecule has 1 saturated heterocycles. The molecular weight excluding hydrogens is 439 g/mol. The van der Waals surface area contributed by atoms with E-state index in [0.29, 0.717) is 19.2 Å². The highest BCUT2D eigenvalue weighted by molar-refractivity contribution is 6.00. The van der Waals surface area contributed by atoms with Crippen molar-refractivity contribution in [2.24, 2.45) is 0 Å². The van der Waals surface area contributed by atoms with Crippen molar-refractivity contribution in [3.05, 3.63) is 59.5 Å². The summed E-state index contributed by atoms with van der Waals surface area (Å²) in [5.41, 5.74) is 6.81. The Kier molecular flexibility index (Phi) is 6.23. The molecule has 0 bridgehead atoms. The quantitative estimate of drug-likeness (QED) is 0.487. The second-order valence-electron chi connectivity index (χ2n) is 7.93. The minimum Gasteiger partial charge on any atom is -0.443 e. The van der Waals surface area contributed by atoms with Gasteiger partial charge in [0, 0.05) is 31.4 Å². The fourth-order valence-electron chi connectivity index (χ4n) is 3.82. The van der Waals surface area contributed by atoms with E-state index in [1.165, 1.54) is 6.39 Å². The first-order valence-electron chi connectivity index (χ1n) is 10.3. The summed E-state index contributed by atoms with van der Waals surface area (Å²) >= 11 is 0. The van der Waals surface area contributed by atoms with E-state index < -0.39 is 23.6 Å². The molecule has 1 aliphatic heterocycles. The van der Waals surface area contributed by atoms with Crippen LogP contribution in [0.4, 0.5) is 18.9 Å². The smallest absolute Gasteiger partial charge is 0.416 e. The number of hydrogen-bond donors (Lipinski definition) is 3. The Bertz CT molecular complexity index is 1180. The molecule has 8 nitrogen and oxygen atoms in total. The molecule has 2 amide bonds. The van der Waals surface area contributed by atoms with Crippen LogP contribution in [0.25, 0.3) is 11.1 Å². The SMILES string of the molecule is Nc1ccc(C(F)(F)F)cc1C(=O)NCC(=O)NC1CCN(Cc2ccc3ocnc3c2)C1. The average molecular weight is 461 g/mol. The predicted molar refractivity (Wildman–Crippen MR) is 114 cm³/mol. The van der Waals surface area contributed by atoms with Crippen LogP contribution in [0.1, 0.15) is 27.9 Å². The fraction of sp³-hybridized carbons (Fsp3) is 0.318. The van der Waals surface area contributed by atoms with Gasteiger partial charge >= 0.3 is 6.18 Å². The van der Waals surface area contributed by atoms with Gasteiger partial charge in [-0.15, -0.1) is 0 Å². The molecule has 0 saturated carbocycles. The largest absolute Gasteiger partial charge is 0.443 e. The van der Waals surface area contributed by atoms with Crippen LogP contribution >= 0.6 is 0 Å². The van der Waals surface area contributed by atoms with E-state index in [4.69, 9.17) is 10.2 Å². The van der Waals surface area contributed by atoms with Crippen molar-refractivity contribution >= 4 is 28.6 Å². The molecule has 4 rings (SSSR count). The standard InChI is InChI=1S/C22H22F3N5O3/c23-22(24,25)14-2-3-17(26)16(8-14)21(32)27-9-20(31)29-15-5-6-30(11-15)10-13-1-4-19-18(7-13)28-12-33-19/h1-4,7-8,12,15H,5-6,9-11,26H2,(H,27,32)(H,29,31). The Balaban J connectivity index is 1.26. The Labute approximate surface area is 186 Å². The van der Waals surface area contributed by atoms with Crippen molar-refractivity contribution in [3.63, 3.8) is 0 Å². The van der Waals surface area contributed by atoms with Gasteiger partial charge in [0.1, 0.15) is 5.52 Å². The molecule has 1 aromatic heterocycles. The molecule has 1 unspecified atom stereocenters. The molecule has 2 aromatic carbocycles. The Morgan fingerprint density at radius 2 is 2.03 bits per heavy atom. The second kappa shape index (κ2) is 9.10. The molecule has 0 radical (unpaired) electrons. The van der Waals surface area contributed by atoms with Crippen LogP contribution in [0, 0.1) is 0 Å². The van der Waals surface area contributed by atoms with Gasteiger partial charge in [0.25, 0.3) is 5.91 Å². The van der Waals surface area contributed by atoms with Gasteiger partial charge in [-0.05, 0) is 42.3 Å². The third kappa shape index (κ3) is 5.43. The monoisotopic (exact) mass is 461 g/mol. The minimum absolute atomic E-state index is 0.0937. The third-order valence-electron chi connectivity index (χ3n) is 5.47. The van der Waals surface area contributed by atoms with Crippen molar-refractivity contribution < 1.29 is 27.2 Å². The summed E-state index contributed by atoms with van der Waals surface area (Å²) in [5, 5.41) is 5.17. The number of oxazole rings is 1. The number of carbonyl (C=O) groups excluding carboxylic acids is 2. The van der Waals surface area contributed by atoms with Gasteiger partial charge in [-0.2, -0.15) is 13.2 Å². The normalized spacial score (nSPS) is 16.8. The number of anilines is 1. The summed E-state index contributed by atoms with van der Waals surface area (Å²) < 4.78 is 43.9. The number of alkyl halides is 3. The van der Waals surface area contributed by atoms with Gasteiger partial charge in [0.2, 0.25) is 5.91 Å². The van der Waals surface area contributed by atoms with Gasteiger partial charge in [-0.1, -0.05) is 6.07 Å². The summed E-state index contributed by atoms with van der Waals surface area (Å²) in [7, 11) is 0. The maximum atomic E-state index is 12.9. The summed E-state index contributed by atoms with van der Waals surface area (Å²) in [6, 6.07) is 8.19. The van der Waals surface area contributed by atoms with Crippen molar-refractivity contribution in [2.75, 3.05) is 25.4 Å². The Morgan fingerprint density at radius 3 is 2.82 bits per heavy atom. The van der Waals surface area contributed by atoms with Crippen molar-refractivity contribution in [1.29, 1.82) is 0 Å². The molecule has 0 aliphatic carbocycles. The average Bonchev–Trinajstić information content (AvgIpc) is 3.40. The van der Waals surface area contributed by atoms with E-state index in [1.807, 2.05) is 18.2 Å². The molecule has 1 atom stereocenters. The van der Waals surface area contributed by atoms with E-state index in [9.17, 15) is 22.8 Å². The van der Waals surface area contributed by atoms with Gasteiger partial charge < -0.3 is 20.8 Å². The van der Waals surface area contributed by atoms with E-state index in [0.717, 1.165) is 41.8 Å². The van der Waals surface area contributed by atoms with Crippen molar-refractivity contribution in [1.82, 2.24) is 20.5 Å². The number of benzene rings is 2. The van der Waals surface area contributed by atoms with Crippen molar-refractivity contribution in [3.8, 4) is 0 Å². The number of halogens is 3. The van der Waals surface area contributed by atoms with Gasteiger partial charge in [-0.25, -0.2) is 4.98 Å². The lowest BCUT2D eigenvalue weighted by molar-refractivity contribution is -0.137. The lowest BCUT2D eigenvalue weighted by Gasteiger charge is -2.17. The zero-order valence-corrected chi connectivity index (χ0v) is 17.5. The maximum Gasteiger partial charge on any atom is 0.416 e. The van der Waals surface area contributed by atoms with E-state index in [1.54, 1.807) is 0 Å². The summed E-state index contributed by atoms with van der Waals surface area (Å²) in [6.07, 6.45) is -2.46. The molecule has 0 spiro atoms. The highest BCUT2D eigenvalue weighted by Crippen LogP contribution is 2.31. The van der Waals surface area contributed by atoms with Crippen LogP contribution in [-0.2, 0) is 17.5 Å². The summed E-state index contributed by atoms with van der Waals surface area (Å²) in [4.78, 5) is 30.8. The topological polar surface area (TPSA) is 113 Å². The summed E-state index contributed by atoms with van der Waals surface area (Å²) in [5.74, 6) is -1.27. The highest BCUT2D eigenvalue weighted by atomic mass is 19.4. The third-order valence-corrected chi connectivity index (χ3v) is 5.47. The first kappa shape index (κ1) is 22.6. The number of nitrogens with one attached hydrogen (secondary N) is 2. The first-order chi connectivity index (χ1) is 15.7. The second-order valence-corrected chi connectivity index (χ2v) is 7.93. The molecule has 3 aromatic rings. The van der Waals surface area contributed by atoms with E-state index >= 15 is 0 Å². The minimum atomic E-state index is -4.60. The van der Waals surface area contributed by atoms with E-state index in [-0.39, 0.29) is 23.8 Å². The highest BCUT2D eigenvalue weighted by Gasteiger charge is 2.31. The number of amides is 2. The number of hydrogen-bond acceptors (Lipinski definition) is 6. The predicted octanol–water partition coefficient (Wildman–Crippen LogP) is 2.55. The van der Waals surface area contributed by atoms with E-state index in [2.05, 4.69) is 20.5 Å². The first-order valence-corrected chi connectivity index (χ1v) is 10.3. The van der Waals surface area contributed by atoms with Crippen LogP contribution in [0.3, 0.4) is 0 Å². The van der Waals surface area contributed by atoms with Crippen LogP contribution in [0.15, 0.2) is 47.2 Å². The summed E-state index contributed by atoms with van der Waals surface area (Å²) in [6.45, 7) is 1.75. The number of likely N-dealkylation sites (tertiary alicyclic amines) is 1. The number of nitrogens with zero attached hydrogens (tertiary/aromatic N) is 2. The zero-order chi connectivity index (χ0) is 23.6. The number of nitrogen functional groups attached to an aromatic ring is 1. The molecule has 2 heterocycles. The molecule has 33 heavy (non-hydrogen) atoms. The lowest BCUT2D eigenvalue weighted by Crippen LogP contribution is -2.43. The molecular formula is C22H22F3N5O3. The molecule has 1 aliphatic rings. The van der Waals surface area contributed by atoms with Gasteiger partial charge in [0.15, 0.2) is 12.0 Å². The van der Waals surface area contributed by atoms with Crippen LogP contribution < -0.4 is 16.4 Å². The Hall–Kier alpha value is -3.60. The number of carbonyl (C=O) groups is 2. The number of aromatic nitrogens is 1. The molecule has 1 fully saturated rings. The number of nitrogens with two attached hydrogens (primary N) is 1. The van der Waals surface area contributed by atoms with Crippen LogP contribution in [0.2, 0.25) is 0 Å². The molecule has 11 heteroatoms. The molecule has 4 N–H and O–H groups in total. The van der Waals surface area contributed by atoms with Crippen LogP contribution in [-0.4, -0.2) is 47.4 Å². The molecule has 174 valence electrons. The van der Waals surface area contributed by atoms with Gasteiger partial charge in [0.05, 0.1) is 17.7 Å².